The molecule has 0 spiro atoms. The number of allylic oxidation sites excluding steroid dienone is 1. The minimum Gasteiger partial charge on any atom is -0.379 e. The van der Waals surface area contributed by atoms with E-state index in [4.69, 9.17) is 0 Å². The number of imide groups is 1. The molecule has 1 saturated heterocycles. The Labute approximate surface area is 152 Å². The summed E-state index contributed by atoms with van der Waals surface area (Å²) in [4.78, 5) is 36.2. The van der Waals surface area contributed by atoms with E-state index in [0.717, 1.165) is 24.2 Å². The Kier molecular flexibility index (Phi) is 5.35. The van der Waals surface area contributed by atoms with Gasteiger partial charge in [0.2, 0.25) is 11.8 Å². The Morgan fingerprint density at radius 3 is 2.73 bits per heavy atom. The highest BCUT2D eigenvalue weighted by atomic mass is 16.6. The number of nitro groups is 1. The molecular weight excluding hydrogens is 334 g/mol. The summed E-state index contributed by atoms with van der Waals surface area (Å²) in [6, 6.07) is 4.46. The Hall–Kier alpha value is -2.70. The molecule has 3 rings (SSSR count). The van der Waals surface area contributed by atoms with E-state index < -0.39 is 4.92 Å². The molecule has 7 heteroatoms. The van der Waals surface area contributed by atoms with Crippen LogP contribution in [0.3, 0.4) is 0 Å². The Morgan fingerprint density at radius 2 is 2.12 bits per heavy atom. The predicted molar refractivity (Wildman–Crippen MR) is 99.0 cm³/mol. The zero-order chi connectivity index (χ0) is 18.7. The number of nitrogens with zero attached hydrogens (tertiary/aromatic N) is 2. The second-order valence-electron chi connectivity index (χ2n) is 6.92. The first-order valence-corrected chi connectivity index (χ1v) is 9.04. The summed E-state index contributed by atoms with van der Waals surface area (Å²) in [5, 5.41) is 14.6. The van der Waals surface area contributed by atoms with Crippen molar-refractivity contribution in [3.8, 4) is 0 Å². The van der Waals surface area contributed by atoms with Gasteiger partial charge in [-0.15, -0.1) is 0 Å². The minimum atomic E-state index is -0.486. The van der Waals surface area contributed by atoms with Crippen molar-refractivity contribution in [2.24, 2.45) is 5.92 Å². The van der Waals surface area contributed by atoms with Gasteiger partial charge in [0.1, 0.15) is 5.69 Å². The number of anilines is 2. The van der Waals surface area contributed by atoms with Gasteiger partial charge < -0.3 is 5.32 Å². The van der Waals surface area contributed by atoms with Gasteiger partial charge in [-0.05, 0) is 44.2 Å². The molecule has 1 fully saturated rings. The molecule has 1 atom stereocenters. The van der Waals surface area contributed by atoms with E-state index in [-0.39, 0.29) is 35.5 Å². The summed E-state index contributed by atoms with van der Waals surface area (Å²) in [5.41, 5.74) is 1.93. The first-order chi connectivity index (χ1) is 12.5. The van der Waals surface area contributed by atoms with Gasteiger partial charge in [0.05, 0.1) is 10.6 Å². The number of amides is 2. The largest absolute Gasteiger partial charge is 0.379 e. The highest BCUT2D eigenvalue weighted by Crippen LogP contribution is 2.33. The summed E-state index contributed by atoms with van der Waals surface area (Å²) in [5.74, 6) is -1.01. The van der Waals surface area contributed by atoms with Crippen molar-refractivity contribution in [2.45, 2.75) is 45.4 Å². The molecule has 2 aliphatic rings. The molecule has 0 aromatic heterocycles. The lowest BCUT2D eigenvalue weighted by Crippen LogP contribution is -2.30. The average molecular weight is 357 g/mol. The molecule has 0 saturated carbocycles. The van der Waals surface area contributed by atoms with Gasteiger partial charge in [-0.3, -0.25) is 24.6 Å². The molecule has 2 amide bonds. The van der Waals surface area contributed by atoms with Crippen molar-refractivity contribution in [3.05, 3.63) is 40.0 Å². The van der Waals surface area contributed by atoms with E-state index in [2.05, 4.69) is 11.4 Å². The van der Waals surface area contributed by atoms with Crippen LogP contribution in [0.25, 0.3) is 0 Å². The van der Waals surface area contributed by atoms with Gasteiger partial charge in [0, 0.05) is 24.9 Å². The smallest absolute Gasteiger partial charge is 0.294 e. The molecule has 0 bridgehead atoms. The Balaban J connectivity index is 1.74. The SMILES string of the molecule is C[C@@H]1CC(=O)N(c2ccc(NCCC3=CCCCC3)c([N+](=O)[O-])c2)C1=O. The molecule has 1 aromatic carbocycles. The second kappa shape index (κ2) is 7.68. The quantitative estimate of drug-likeness (QED) is 0.362. The van der Waals surface area contributed by atoms with Crippen LogP contribution in [0.15, 0.2) is 29.8 Å². The molecule has 0 unspecified atom stereocenters. The van der Waals surface area contributed by atoms with E-state index >= 15 is 0 Å². The molecule has 1 aromatic rings. The van der Waals surface area contributed by atoms with Crippen LogP contribution < -0.4 is 10.2 Å². The maximum Gasteiger partial charge on any atom is 0.294 e. The number of nitro benzene ring substituents is 1. The fourth-order valence-electron chi connectivity index (χ4n) is 3.50. The first-order valence-electron chi connectivity index (χ1n) is 9.04. The third-order valence-electron chi connectivity index (χ3n) is 4.95. The molecule has 1 N–H and O–H groups in total. The zero-order valence-electron chi connectivity index (χ0n) is 14.9. The standard InChI is InChI=1S/C19H23N3O4/c1-13-11-18(23)21(19(13)24)15-7-8-16(17(12-15)22(25)26)20-10-9-14-5-3-2-4-6-14/h5,7-8,12-13,20H,2-4,6,9-11H2,1H3/t13-/m1/s1. The predicted octanol–water partition coefficient (Wildman–Crippen LogP) is 3.80. The van der Waals surface area contributed by atoms with Crippen molar-refractivity contribution in [2.75, 3.05) is 16.8 Å². The number of carbonyl (C=O) groups is 2. The third kappa shape index (κ3) is 3.76. The van der Waals surface area contributed by atoms with Crippen molar-refractivity contribution in [1.29, 1.82) is 0 Å². The van der Waals surface area contributed by atoms with E-state index in [9.17, 15) is 19.7 Å². The molecule has 1 aliphatic carbocycles. The molecule has 138 valence electrons. The summed E-state index contributed by atoms with van der Waals surface area (Å²) < 4.78 is 0. The molecule has 1 aliphatic heterocycles. The van der Waals surface area contributed by atoms with Crippen molar-refractivity contribution in [1.82, 2.24) is 0 Å². The Morgan fingerprint density at radius 1 is 1.31 bits per heavy atom. The van der Waals surface area contributed by atoms with Gasteiger partial charge in [-0.2, -0.15) is 0 Å². The summed E-state index contributed by atoms with van der Waals surface area (Å²) in [6.45, 7) is 2.30. The maximum atomic E-state index is 12.1. The molecule has 7 nitrogen and oxygen atoms in total. The molecule has 1 heterocycles. The molecule has 26 heavy (non-hydrogen) atoms. The van der Waals surface area contributed by atoms with Crippen LogP contribution in [0.1, 0.15) is 45.4 Å². The maximum absolute atomic E-state index is 12.1. The van der Waals surface area contributed by atoms with Gasteiger partial charge >= 0.3 is 0 Å². The van der Waals surface area contributed by atoms with E-state index in [0.29, 0.717) is 12.2 Å². The van der Waals surface area contributed by atoms with Crippen LogP contribution in [0.4, 0.5) is 17.1 Å². The number of carbonyl (C=O) groups excluding carboxylic acids is 2. The number of hydrogen-bond acceptors (Lipinski definition) is 5. The van der Waals surface area contributed by atoms with Gasteiger partial charge in [0.25, 0.3) is 5.69 Å². The van der Waals surface area contributed by atoms with Crippen molar-refractivity contribution < 1.29 is 14.5 Å². The normalized spacial score (nSPS) is 20.3. The fourth-order valence-corrected chi connectivity index (χ4v) is 3.50. The number of hydrogen-bond donors (Lipinski definition) is 1. The van der Waals surface area contributed by atoms with Crippen LogP contribution in [-0.4, -0.2) is 23.3 Å². The van der Waals surface area contributed by atoms with Gasteiger partial charge in [-0.1, -0.05) is 18.6 Å². The zero-order valence-corrected chi connectivity index (χ0v) is 14.9. The number of rotatable bonds is 6. The average Bonchev–Trinajstić information content (AvgIpc) is 2.88. The van der Waals surface area contributed by atoms with Gasteiger partial charge in [-0.25, -0.2) is 0 Å². The summed E-state index contributed by atoms with van der Waals surface area (Å²) >= 11 is 0. The van der Waals surface area contributed by atoms with Crippen LogP contribution in [0.5, 0.6) is 0 Å². The lowest BCUT2D eigenvalue weighted by atomic mass is 9.97. The summed E-state index contributed by atoms with van der Waals surface area (Å²) in [6.07, 6.45) is 7.91. The Bertz CT molecular complexity index is 772. The van der Waals surface area contributed by atoms with Crippen LogP contribution in [0.2, 0.25) is 0 Å². The molecular formula is C19H23N3O4. The van der Waals surface area contributed by atoms with Crippen molar-refractivity contribution in [3.63, 3.8) is 0 Å². The van der Waals surface area contributed by atoms with Crippen LogP contribution in [0, 0.1) is 16.0 Å². The first kappa shape index (κ1) is 18.1. The van der Waals surface area contributed by atoms with E-state index in [1.165, 1.54) is 24.5 Å². The van der Waals surface area contributed by atoms with E-state index in [1.54, 1.807) is 19.1 Å². The van der Waals surface area contributed by atoms with E-state index in [1.807, 2.05) is 0 Å². The second-order valence-corrected chi connectivity index (χ2v) is 6.92. The number of benzene rings is 1. The number of nitrogens with one attached hydrogen (secondary N) is 1. The van der Waals surface area contributed by atoms with Crippen LogP contribution >= 0.6 is 0 Å². The summed E-state index contributed by atoms with van der Waals surface area (Å²) in [7, 11) is 0. The topological polar surface area (TPSA) is 92.6 Å². The third-order valence-corrected chi connectivity index (χ3v) is 4.95. The molecule has 0 radical (unpaired) electrons. The lowest BCUT2D eigenvalue weighted by Gasteiger charge is -2.16. The fraction of sp³-hybridized carbons (Fsp3) is 0.474. The van der Waals surface area contributed by atoms with Crippen molar-refractivity contribution >= 4 is 28.9 Å². The highest BCUT2D eigenvalue weighted by molar-refractivity contribution is 6.21. The highest BCUT2D eigenvalue weighted by Gasteiger charge is 2.37. The minimum absolute atomic E-state index is 0.125. The monoisotopic (exact) mass is 357 g/mol. The van der Waals surface area contributed by atoms with Crippen LogP contribution in [-0.2, 0) is 9.59 Å². The van der Waals surface area contributed by atoms with Gasteiger partial charge in [0.15, 0.2) is 0 Å². The lowest BCUT2D eigenvalue weighted by molar-refractivity contribution is -0.383.